The van der Waals surface area contributed by atoms with Crippen molar-refractivity contribution in [3.05, 3.63) is 109 Å². The number of rotatable bonds is 8. The van der Waals surface area contributed by atoms with Gasteiger partial charge in [-0.05, 0) is 42.0 Å². The lowest BCUT2D eigenvalue weighted by Gasteiger charge is -2.08. The second-order valence-electron chi connectivity index (χ2n) is 8.29. The number of hydrogen-bond acceptors (Lipinski definition) is 10. The molecule has 0 aliphatic rings. The van der Waals surface area contributed by atoms with E-state index in [4.69, 9.17) is 0 Å². The Balaban J connectivity index is 1.50. The van der Waals surface area contributed by atoms with E-state index >= 15 is 0 Å². The van der Waals surface area contributed by atoms with Crippen molar-refractivity contribution in [2.75, 3.05) is 4.72 Å². The lowest BCUT2D eigenvalue weighted by molar-refractivity contribution is -0.384. The summed E-state index contributed by atoms with van der Waals surface area (Å²) >= 11 is 0. The molecule has 0 bridgehead atoms. The average molecular weight is 564 g/mol. The van der Waals surface area contributed by atoms with E-state index in [1.54, 1.807) is 24.3 Å². The van der Waals surface area contributed by atoms with Crippen molar-refractivity contribution in [1.82, 2.24) is 19.1 Å². The van der Waals surface area contributed by atoms with E-state index in [2.05, 4.69) is 19.7 Å². The number of nitro benzene ring substituents is 1. The van der Waals surface area contributed by atoms with Crippen LogP contribution in [0.4, 0.5) is 17.3 Å². The van der Waals surface area contributed by atoms with Crippen LogP contribution in [-0.4, -0.2) is 43.8 Å². The van der Waals surface area contributed by atoms with Gasteiger partial charge in [0.05, 0.1) is 21.2 Å². The molecule has 0 fully saturated rings. The van der Waals surface area contributed by atoms with Gasteiger partial charge in [0.1, 0.15) is 5.56 Å². The standard InChI is InChI=1S/C25H21N7O7S/c1-30-22(33)21(23(34)31(2)25(30)35)15-27-17-8-10-20(11-9-17)40(38,39)29-24-26-13-12-18(28-24)7-6-16-4-3-5-19(14-16)32(36)37/h3-15,33H,1-2H3,(H,26,28,29). The Kier molecular flexibility index (Phi) is 7.67. The number of aromatic hydroxyl groups is 1. The molecule has 2 heterocycles. The molecular formula is C25H21N7O7S. The summed E-state index contributed by atoms with van der Waals surface area (Å²) in [7, 11) is -1.52. The van der Waals surface area contributed by atoms with Crippen LogP contribution >= 0.6 is 0 Å². The fraction of sp³-hybridized carbons (Fsp3) is 0.0800. The van der Waals surface area contributed by atoms with Gasteiger partial charge in [-0.25, -0.2) is 27.9 Å². The lowest BCUT2D eigenvalue weighted by atomic mass is 10.2. The van der Waals surface area contributed by atoms with Gasteiger partial charge in [0.15, 0.2) is 0 Å². The Morgan fingerprint density at radius 2 is 1.77 bits per heavy atom. The zero-order valence-corrected chi connectivity index (χ0v) is 21.8. The molecule has 0 aliphatic carbocycles. The van der Waals surface area contributed by atoms with Gasteiger partial charge in [-0.15, -0.1) is 0 Å². The molecule has 2 aromatic heterocycles. The maximum Gasteiger partial charge on any atom is 0.333 e. The van der Waals surface area contributed by atoms with Crippen LogP contribution in [0.5, 0.6) is 5.88 Å². The van der Waals surface area contributed by atoms with E-state index in [9.17, 15) is 33.2 Å². The summed E-state index contributed by atoms with van der Waals surface area (Å²) in [5, 5.41) is 21.1. The van der Waals surface area contributed by atoms with E-state index < -0.39 is 32.1 Å². The van der Waals surface area contributed by atoms with Crippen LogP contribution in [-0.2, 0) is 24.1 Å². The van der Waals surface area contributed by atoms with E-state index in [0.29, 0.717) is 11.3 Å². The maximum atomic E-state index is 12.9. The van der Waals surface area contributed by atoms with Gasteiger partial charge in [0, 0.05) is 38.6 Å². The Bertz CT molecular complexity index is 1890. The van der Waals surface area contributed by atoms with Crippen LogP contribution in [0.3, 0.4) is 0 Å². The summed E-state index contributed by atoms with van der Waals surface area (Å²) in [5.41, 5.74) is -0.520. The Hall–Kier alpha value is -5.44. The van der Waals surface area contributed by atoms with E-state index in [1.165, 1.54) is 62.8 Å². The first-order valence-corrected chi connectivity index (χ1v) is 12.9. The third-order valence-electron chi connectivity index (χ3n) is 5.59. The number of aromatic nitrogens is 4. The van der Waals surface area contributed by atoms with Crippen molar-refractivity contribution < 1.29 is 18.4 Å². The number of benzene rings is 2. The smallest absolute Gasteiger partial charge is 0.333 e. The molecule has 0 atom stereocenters. The number of sulfonamides is 1. The molecule has 2 aromatic carbocycles. The van der Waals surface area contributed by atoms with Crippen molar-refractivity contribution in [1.29, 1.82) is 0 Å². The molecule has 15 heteroatoms. The Morgan fingerprint density at radius 1 is 1.05 bits per heavy atom. The van der Waals surface area contributed by atoms with E-state index in [0.717, 1.165) is 15.3 Å². The highest BCUT2D eigenvalue weighted by Gasteiger charge is 2.16. The van der Waals surface area contributed by atoms with Gasteiger partial charge in [-0.3, -0.25) is 29.0 Å². The number of nitro groups is 1. The van der Waals surface area contributed by atoms with Gasteiger partial charge in [-0.2, -0.15) is 0 Å². The number of hydrogen-bond donors (Lipinski definition) is 2. The van der Waals surface area contributed by atoms with Crippen molar-refractivity contribution in [2.45, 2.75) is 4.90 Å². The minimum Gasteiger partial charge on any atom is -0.494 e. The summed E-state index contributed by atoms with van der Waals surface area (Å²) in [6, 6.07) is 12.8. The summed E-state index contributed by atoms with van der Waals surface area (Å²) in [6.07, 6.45) is 5.59. The first-order valence-electron chi connectivity index (χ1n) is 11.4. The molecular weight excluding hydrogens is 542 g/mol. The molecule has 0 unspecified atom stereocenters. The molecule has 4 aromatic rings. The summed E-state index contributed by atoms with van der Waals surface area (Å²) in [4.78, 5) is 46.7. The van der Waals surface area contributed by atoms with Crippen LogP contribution in [0.15, 0.2) is 80.3 Å². The predicted molar refractivity (Wildman–Crippen MR) is 147 cm³/mol. The number of nitrogens with zero attached hydrogens (tertiary/aromatic N) is 6. The molecule has 0 saturated heterocycles. The Morgan fingerprint density at radius 3 is 2.48 bits per heavy atom. The van der Waals surface area contributed by atoms with E-state index in [-0.39, 0.29) is 27.8 Å². The first-order chi connectivity index (χ1) is 19.0. The summed E-state index contributed by atoms with van der Waals surface area (Å²) in [6.45, 7) is 0. The van der Waals surface area contributed by atoms with Crippen molar-refractivity contribution in [3.8, 4) is 5.88 Å². The summed E-state index contributed by atoms with van der Waals surface area (Å²) in [5.74, 6) is -0.744. The van der Waals surface area contributed by atoms with E-state index in [1.807, 2.05) is 0 Å². The number of anilines is 1. The van der Waals surface area contributed by atoms with Crippen LogP contribution in [0.25, 0.3) is 12.2 Å². The highest BCUT2D eigenvalue weighted by atomic mass is 32.2. The monoisotopic (exact) mass is 563 g/mol. The first kappa shape index (κ1) is 27.6. The van der Waals surface area contributed by atoms with Gasteiger partial charge in [0.25, 0.3) is 21.3 Å². The zero-order chi connectivity index (χ0) is 29.0. The third kappa shape index (κ3) is 5.99. The number of nitrogens with one attached hydrogen (secondary N) is 1. The summed E-state index contributed by atoms with van der Waals surface area (Å²) < 4.78 is 29.7. The van der Waals surface area contributed by atoms with Crippen LogP contribution in [0.1, 0.15) is 16.8 Å². The van der Waals surface area contributed by atoms with Gasteiger partial charge in [0.2, 0.25) is 11.8 Å². The largest absolute Gasteiger partial charge is 0.494 e. The molecule has 204 valence electrons. The third-order valence-corrected chi connectivity index (χ3v) is 6.93. The van der Waals surface area contributed by atoms with Gasteiger partial charge < -0.3 is 5.11 Å². The number of aliphatic imine (C=N–C) groups is 1. The van der Waals surface area contributed by atoms with Crippen molar-refractivity contribution >= 4 is 45.7 Å². The lowest BCUT2D eigenvalue weighted by Crippen LogP contribution is -2.38. The van der Waals surface area contributed by atoms with Crippen molar-refractivity contribution in [2.24, 2.45) is 19.1 Å². The molecule has 0 radical (unpaired) electrons. The highest BCUT2D eigenvalue weighted by Crippen LogP contribution is 2.20. The molecule has 40 heavy (non-hydrogen) atoms. The quantitative estimate of drug-likeness (QED) is 0.184. The molecule has 0 aliphatic heterocycles. The fourth-order valence-corrected chi connectivity index (χ4v) is 4.39. The minimum atomic E-state index is -4.08. The molecule has 0 amide bonds. The second kappa shape index (κ2) is 11.1. The van der Waals surface area contributed by atoms with Crippen LogP contribution in [0, 0.1) is 10.1 Å². The van der Waals surface area contributed by atoms with Gasteiger partial charge in [-0.1, -0.05) is 18.2 Å². The van der Waals surface area contributed by atoms with Crippen LogP contribution < -0.4 is 16.0 Å². The predicted octanol–water partition coefficient (Wildman–Crippen LogP) is 2.21. The normalized spacial score (nSPS) is 11.8. The molecule has 2 N–H and O–H groups in total. The fourth-order valence-electron chi connectivity index (χ4n) is 3.44. The Labute approximate surface area is 226 Å². The zero-order valence-electron chi connectivity index (χ0n) is 21.0. The molecule has 0 saturated carbocycles. The SMILES string of the molecule is Cn1c(O)c(C=Nc2ccc(S(=O)(=O)Nc3nccc(C=Cc4cccc([N+](=O)[O-])c4)n3)cc2)c(=O)n(C)c1=O. The number of non-ortho nitro benzene ring substituents is 1. The topological polar surface area (TPSA) is 192 Å². The molecule has 0 spiro atoms. The van der Waals surface area contributed by atoms with Crippen LogP contribution in [0.2, 0.25) is 0 Å². The average Bonchev–Trinajstić information content (AvgIpc) is 2.94. The maximum absolute atomic E-state index is 12.9. The van der Waals surface area contributed by atoms with Crippen molar-refractivity contribution in [3.63, 3.8) is 0 Å². The van der Waals surface area contributed by atoms with Gasteiger partial charge >= 0.3 is 5.69 Å². The molecule has 14 nitrogen and oxygen atoms in total. The second-order valence-corrected chi connectivity index (χ2v) is 9.97. The molecule has 4 rings (SSSR count). The highest BCUT2D eigenvalue weighted by molar-refractivity contribution is 7.92. The minimum absolute atomic E-state index is 0.0654.